The first-order chi connectivity index (χ1) is 7.06. The predicted octanol–water partition coefficient (Wildman–Crippen LogP) is 3.59. The van der Waals surface area contributed by atoms with Gasteiger partial charge in [-0.15, -0.1) is 0 Å². The van der Waals surface area contributed by atoms with E-state index in [9.17, 15) is 4.79 Å². The summed E-state index contributed by atoms with van der Waals surface area (Å²) >= 11 is 0. The van der Waals surface area contributed by atoms with E-state index in [2.05, 4.69) is 26.8 Å². The third-order valence-corrected chi connectivity index (χ3v) is 4.62. The number of allylic oxidation sites excluding steroid dienone is 2. The Labute approximate surface area is 92.9 Å². The second-order valence-electron chi connectivity index (χ2n) is 5.98. The van der Waals surface area contributed by atoms with Crippen LogP contribution in [0.2, 0.25) is 0 Å². The van der Waals surface area contributed by atoms with Crippen LogP contribution in [-0.2, 0) is 4.79 Å². The van der Waals surface area contributed by atoms with Crippen molar-refractivity contribution < 1.29 is 4.79 Å². The number of rotatable bonds is 1. The topological polar surface area (TPSA) is 17.1 Å². The van der Waals surface area contributed by atoms with Gasteiger partial charge in [0.1, 0.15) is 6.29 Å². The zero-order chi connectivity index (χ0) is 11.1. The normalized spacial score (nSPS) is 39.1. The minimum atomic E-state index is 0.312. The predicted molar refractivity (Wildman–Crippen MR) is 62.5 cm³/mol. The maximum Gasteiger partial charge on any atom is 0.123 e. The van der Waals surface area contributed by atoms with Gasteiger partial charge in [-0.05, 0) is 49.9 Å². The van der Waals surface area contributed by atoms with Crippen LogP contribution in [0.1, 0.15) is 46.5 Å². The molecule has 0 bridgehead atoms. The van der Waals surface area contributed by atoms with Gasteiger partial charge in [0.05, 0.1) is 0 Å². The summed E-state index contributed by atoms with van der Waals surface area (Å²) in [4.78, 5) is 11.1. The average molecular weight is 206 g/mol. The van der Waals surface area contributed by atoms with Crippen LogP contribution in [-0.4, -0.2) is 6.29 Å². The van der Waals surface area contributed by atoms with Gasteiger partial charge in [0.15, 0.2) is 0 Å². The Balaban J connectivity index is 2.34. The standard InChI is InChI=1S/C14H22O/c1-10-5-4-8-14(2,3)13-11(9-15)6-7-12(10)13/h5,9,11-13H,4,6-8H2,1-3H3/t11-,12+,13+/m1/s1. The molecular weight excluding hydrogens is 184 g/mol. The fourth-order valence-corrected chi connectivity index (χ4v) is 3.81. The van der Waals surface area contributed by atoms with Crippen LogP contribution in [0.3, 0.4) is 0 Å². The largest absolute Gasteiger partial charge is 0.303 e. The first kappa shape index (κ1) is 10.9. The van der Waals surface area contributed by atoms with Gasteiger partial charge in [-0.3, -0.25) is 0 Å². The van der Waals surface area contributed by atoms with E-state index in [0.717, 1.165) is 6.42 Å². The SMILES string of the molecule is CC1=CCCC(C)(C)[C@H]2[C@@H](C=O)CC[C@@H]12. The van der Waals surface area contributed by atoms with E-state index in [1.54, 1.807) is 0 Å². The van der Waals surface area contributed by atoms with Gasteiger partial charge in [0.25, 0.3) is 0 Å². The lowest BCUT2D eigenvalue weighted by molar-refractivity contribution is -0.113. The van der Waals surface area contributed by atoms with Gasteiger partial charge in [0.2, 0.25) is 0 Å². The summed E-state index contributed by atoms with van der Waals surface area (Å²) in [5, 5.41) is 0. The van der Waals surface area contributed by atoms with Crippen LogP contribution in [0, 0.1) is 23.2 Å². The van der Waals surface area contributed by atoms with Gasteiger partial charge in [-0.2, -0.15) is 0 Å². The van der Waals surface area contributed by atoms with Gasteiger partial charge in [0, 0.05) is 5.92 Å². The summed E-state index contributed by atoms with van der Waals surface area (Å²) in [6, 6.07) is 0. The van der Waals surface area contributed by atoms with Crippen molar-refractivity contribution in [2.75, 3.05) is 0 Å². The molecule has 2 aliphatic rings. The Morgan fingerprint density at radius 3 is 2.80 bits per heavy atom. The van der Waals surface area contributed by atoms with Crippen LogP contribution < -0.4 is 0 Å². The number of aldehydes is 1. The van der Waals surface area contributed by atoms with Crippen molar-refractivity contribution in [3.8, 4) is 0 Å². The van der Waals surface area contributed by atoms with E-state index in [4.69, 9.17) is 0 Å². The molecule has 0 spiro atoms. The minimum Gasteiger partial charge on any atom is -0.303 e. The third-order valence-electron chi connectivity index (χ3n) is 4.62. The zero-order valence-electron chi connectivity index (χ0n) is 10.1. The van der Waals surface area contributed by atoms with Gasteiger partial charge < -0.3 is 4.79 Å². The Bertz CT molecular complexity index is 288. The summed E-state index contributed by atoms with van der Waals surface area (Å²) in [7, 11) is 0. The maximum atomic E-state index is 11.1. The van der Waals surface area contributed by atoms with E-state index >= 15 is 0 Å². The molecule has 0 unspecified atom stereocenters. The molecule has 1 nitrogen and oxygen atoms in total. The van der Waals surface area contributed by atoms with E-state index in [0.29, 0.717) is 23.2 Å². The number of hydrogen-bond donors (Lipinski definition) is 0. The van der Waals surface area contributed by atoms with Crippen LogP contribution >= 0.6 is 0 Å². The van der Waals surface area contributed by atoms with Crippen LogP contribution in [0.4, 0.5) is 0 Å². The Hall–Kier alpha value is -0.590. The number of fused-ring (bicyclic) bond motifs is 1. The lowest BCUT2D eigenvalue weighted by Gasteiger charge is -2.36. The van der Waals surface area contributed by atoms with Gasteiger partial charge >= 0.3 is 0 Å². The highest BCUT2D eigenvalue weighted by Gasteiger charge is 2.45. The lowest BCUT2D eigenvalue weighted by atomic mass is 9.68. The van der Waals surface area contributed by atoms with E-state index in [1.807, 2.05) is 0 Å². The molecule has 0 aromatic heterocycles. The van der Waals surface area contributed by atoms with Gasteiger partial charge in [-0.25, -0.2) is 0 Å². The molecule has 0 heterocycles. The molecule has 2 rings (SSSR count). The summed E-state index contributed by atoms with van der Waals surface area (Å²) in [6.45, 7) is 6.95. The minimum absolute atomic E-state index is 0.312. The fourth-order valence-electron chi connectivity index (χ4n) is 3.81. The molecule has 3 atom stereocenters. The summed E-state index contributed by atoms with van der Waals surface area (Å²) in [5.41, 5.74) is 1.87. The first-order valence-electron chi connectivity index (χ1n) is 6.18. The van der Waals surface area contributed by atoms with Crippen molar-refractivity contribution in [3.63, 3.8) is 0 Å². The number of carbonyl (C=O) groups excluding carboxylic acids is 1. The molecule has 0 radical (unpaired) electrons. The molecule has 0 aromatic rings. The molecule has 1 saturated carbocycles. The van der Waals surface area contributed by atoms with Gasteiger partial charge in [-0.1, -0.05) is 25.5 Å². The Morgan fingerprint density at radius 2 is 2.13 bits per heavy atom. The van der Waals surface area contributed by atoms with E-state index in [-0.39, 0.29) is 0 Å². The maximum absolute atomic E-state index is 11.1. The number of hydrogen-bond acceptors (Lipinski definition) is 1. The summed E-state index contributed by atoms with van der Waals surface area (Å²) in [6.07, 6.45) is 8.37. The summed E-state index contributed by atoms with van der Waals surface area (Å²) < 4.78 is 0. The highest BCUT2D eigenvalue weighted by molar-refractivity contribution is 5.55. The van der Waals surface area contributed by atoms with Crippen molar-refractivity contribution in [1.82, 2.24) is 0 Å². The van der Waals surface area contributed by atoms with Crippen LogP contribution in [0.25, 0.3) is 0 Å². The molecule has 0 N–H and O–H groups in total. The number of carbonyl (C=O) groups is 1. The molecule has 15 heavy (non-hydrogen) atoms. The molecule has 1 heteroatoms. The Kier molecular flexibility index (Phi) is 2.74. The second kappa shape index (κ2) is 3.77. The highest BCUT2D eigenvalue weighted by Crippen LogP contribution is 2.52. The molecule has 0 aliphatic heterocycles. The molecule has 0 amide bonds. The highest BCUT2D eigenvalue weighted by atomic mass is 16.1. The monoisotopic (exact) mass is 206 g/mol. The quantitative estimate of drug-likeness (QED) is 0.473. The summed E-state index contributed by atoms with van der Waals surface area (Å²) in [5.74, 6) is 1.58. The first-order valence-corrected chi connectivity index (χ1v) is 6.18. The molecule has 1 fully saturated rings. The molecular formula is C14H22O. The molecule has 84 valence electrons. The second-order valence-corrected chi connectivity index (χ2v) is 5.98. The fraction of sp³-hybridized carbons (Fsp3) is 0.786. The molecule has 0 saturated heterocycles. The van der Waals surface area contributed by atoms with E-state index in [1.165, 1.54) is 31.1 Å². The van der Waals surface area contributed by atoms with Crippen LogP contribution in [0.5, 0.6) is 0 Å². The average Bonchev–Trinajstić information content (AvgIpc) is 2.56. The zero-order valence-corrected chi connectivity index (χ0v) is 10.1. The van der Waals surface area contributed by atoms with Crippen molar-refractivity contribution in [1.29, 1.82) is 0 Å². The van der Waals surface area contributed by atoms with E-state index < -0.39 is 0 Å². The van der Waals surface area contributed by atoms with Crippen molar-refractivity contribution in [2.45, 2.75) is 46.5 Å². The molecule has 2 aliphatic carbocycles. The molecule has 0 aromatic carbocycles. The smallest absolute Gasteiger partial charge is 0.123 e. The third kappa shape index (κ3) is 1.77. The van der Waals surface area contributed by atoms with Crippen LogP contribution in [0.15, 0.2) is 11.6 Å². The van der Waals surface area contributed by atoms with Crippen molar-refractivity contribution in [2.24, 2.45) is 23.2 Å². The lowest BCUT2D eigenvalue weighted by Crippen LogP contribution is -2.31. The van der Waals surface area contributed by atoms with Crippen molar-refractivity contribution in [3.05, 3.63) is 11.6 Å². The Morgan fingerprint density at radius 1 is 1.40 bits per heavy atom. The van der Waals surface area contributed by atoms with Crippen molar-refractivity contribution >= 4 is 6.29 Å².